The van der Waals surface area contributed by atoms with Gasteiger partial charge in [0, 0.05) is 37.8 Å². The van der Waals surface area contributed by atoms with E-state index in [0.29, 0.717) is 12.0 Å². The van der Waals surface area contributed by atoms with Crippen molar-refractivity contribution in [2.24, 2.45) is 5.92 Å². The Hall–Kier alpha value is -0.160. The molecule has 1 heterocycles. The van der Waals surface area contributed by atoms with Gasteiger partial charge in [-0.2, -0.15) is 0 Å². The topological polar surface area (TPSA) is 27.7 Å². The molecule has 0 spiro atoms. The predicted octanol–water partition coefficient (Wildman–Crippen LogP) is 1.27. The van der Waals surface area contributed by atoms with Crippen molar-refractivity contribution in [2.75, 3.05) is 53.5 Å². The molecule has 1 fully saturated rings. The first-order valence-electron chi connectivity index (χ1n) is 7.53. The fraction of sp³-hybridized carbons (Fsp3) is 1.00. The Kier molecular flexibility index (Phi) is 6.74. The zero-order valence-electron chi connectivity index (χ0n) is 13.7. The van der Waals surface area contributed by atoms with E-state index in [-0.39, 0.29) is 5.54 Å². The van der Waals surface area contributed by atoms with E-state index in [9.17, 15) is 0 Å². The first-order chi connectivity index (χ1) is 8.82. The largest absolute Gasteiger partial charge is 0.379 e. The minimum atomic E-state index is 0.217. The van der Waals surface area contributed by atoms with Crippen molar-refractivity contribution in [2.45, 2.75) is 39.3 Å². The summed E-state index contributed by atoms with van der Waals surface area (Å²) in [7, 11) is 4.16. The van der Waals surface area contributed by atoms with Gasteiger partial charge in [0.1, 0.15) is 0 Å². The van der Waals surface area contributed by atoms with Crippen LogP contribution in [0.1, 0.15) is 27.7 Å². The van der Waals surface area contributed by atoms with E-state index in [2.05, 4.69) is 56.9 Å². The molecule has 1 atom stereocenters. The van der Waals surface area contributed by atoms with Crippen molar-refractivity contribution in [3.8, 4) is 0 Å². The van der Waals surface area contributed by atoms with Gasteiger partial charge in [0.2, 0.25) is 0 Å². The molecule has 114 valence electrons. The highest BCUT2D eigenvalue weighted by Crippen LogP contribution is 2.19. The smallest absolute Gasteiger partial charge is 0.0594 e. The van der Waals surface area contributed by atoms with Gasteiger partial charge in [-0.05, 0) is 33.9 Å². The number of hydrogen-bond donors (Lipinski definition) is 1. The third-order valence-corrected chi connectivity index (χ3v) is 3.83. The molecule has 19 heavy (non-hydrogen) atoms. The summed E-state index contributed by atoms with van der Waals surface area (Å²) in [6.07, 6.45) is 0. The van der Waals surface area contributed by atoms with Gasteiger partial charge in [0.25, 0.3) is 0 Å². The molecule has 0 aromatic rings. The fourth-order valence-electron chi connectivity index (χ4n) is 2.62. The quantitative estimate of drug-likeness (QED) is 0.706. The summed E-state index contributed by atoms with van der Waals surface area (Å²) in [5.74, 6) is 0.686. The number of nitrogens with one attached hydrogen (secondary N) is 1. The summed E-state index contributed by atoms with van der Waals surface area (Å²) < 4.78 is 5.74. The average Bonchev–Trinajstić information content (AvgIpc) is 2.26. The first kappa shape index (κ1) is 16.9. The highest BCUT2D eigenvalue weighted by molar-refractivity contribution is 4.93. The lowest BCUT2D eigenvalue weighted by atomic mass is 9.93. The second-order valence-electron chi connectivity index (χ2n) is 6.96. The van der Waals surface area contributed by atoms with Crippen LogP contribution in [-0.2, 0) is 4.74 Å². The van der Waals surface area contributed by atoms with Crippen LogP contribution in [0.2, 0.25) is 0 Å². The van der Waals surface area contributed by atoms with Crippen LogP contribution in [0, 0.1) is 5.92 Å². The van der Waals surface area contributed by atoms with E-state index >= 15 is 0 Å². The molecule has 0 radical (unpaired) electrons. The zero-order valence-corrected chi connectivity index (χ0v) is 13.7. The molecule has 1 aliphatic rings. The van der Waals surface area contributed by atoms with Crippen molar-refractivity contribution >= 4 is 0 Å². The normalized spacial score (nSPS) is 24.3. The number of rotatable bonds is 7. The van der Waals surface area contributed by atoms with Crippen LogP contribution in [0.15, 0.2) is 0 Å². The average molecular weight is 271 g/mol. The molecule has 0 amide bonds. The van der Waals surface area contributed by atoms with Crippen molar-refractivity contribution < 1.29 is 4.74 Å². The van der Waals surface area contributed by atoms with E-state index in [0.717, 1.165) is 39.4 Å². The molecule has 0 bridgehead atoms. The van der Waals surface area contributed by atoms with Gasteiger partial charge < -0.3 is 15.0 Å². The molecule has 0 aliphatic carbocycles. The minimum absolute atomic E-state index is 0.217. The van der Waals surface area contributed by atoms with E-state index in [1.54, 1.807) is 0 Å². The molecule has 1 aliphatic heterocycles. The highest BCUT2D eigenvalue weighted by Gasteiger charge is 2.33. The second-order valence-corrected chi connectivity index (χ2v) is 6.96. The lowest BCUT2D eigenvalue weighted by molar-refractivity contribution is 0.0311. The molecule has 1 N–H and O–H groups in total. The second kappa shape index (κ2) is 7.58. The minimum Gasteiger partial charge on any atom is -0.379 e. The van der Waals surface area contributed by atoms with E-state index in [1.165, 1.54) is 0 Å². The summed E-state index contributed by atoms with van der Waals surface area (Å²) in [5, 5.41) is 3.65. The van der Waals surface area contributed by atoms with Crippen molar-refractivity contribution in [1.29, 1.82) is 0 Å². The van der Waals surface area contributed by atoms with Crippen LogP contribution < -0.4 is 5.32 Å². The molecule has 4 nitrogen and oxygen atoms in total. The monoisotopic (exact) mass is 271 g/mol. The number of hydrogen-bond acceptors (Lipinski definition) is 4. The van der Waals surface area contributed by atoms with Gasteiger partial charge in [0.15, 0.2) is 0 Å². The Morgan fingerprint density at radius 2 is 2.00 bits per heavy atom. The Morgan fingerprint density at radius 1 is 1.32 bits per heavy atom. The maximum Gasteiger partial charge on any atom is 0.0594 e. The molecular formula is C15H33N3O. The lowest BCUT2D eigenvalue weighted by Crippen LogP contribution is -2.63. The Balaban J connectivity index is 2.34. The van der Waals surface area contributed by atoms with Gasteiger partial charge in [-0.15, -0.1) is 0 Å². The SMILES string of the molecule is CC(C)C1CNC(C)(C)CN1CCOCCN(C)C. The van der Waals surface area contributed by atoms with Gasteiger partial charge in [0.05, 0.1) is 13.2 Å². The third kappa shape index (κ3) is 6.21. The van der Waals surface area contributed by atoms with Gasteiger partial charge >= 0.3 is 0 Å². The number of nitrogens with zero attached hydrogens (tertiary/aromatic N) is 2. The molecule has 1 rings (SSSR count). The van der Waals surface area contributed by atoms with Crippen LogP contribution >= 0.6 is 0 Å². The molecule has 0 saturated carbocycles. The maximum absolute atomic E-state index is 5.74. The summed E-state index contributed by atoms with van der Waals surface area (Å²) in [6.45, 7) is 15.1. The van der Waals surface area contributed by atoms with E-state index in [4.69, 9.17) is 4.74 Å². The number of ether oxygens (including phenoxy) is 1. The lowest BCUT2D eigenvalue weighted by Gasteiger charge is -2.46. The van der Waals surface area contributed by atoms with Gasteiger partial charge in [-0.3, -0.25) is 4.90 Å². The Morgan fingerprint density at radius 3 is 2.58 bits per heavy atom. The third-order valence-electron chi connectivity index (χ3n) is 3.83. The van der Waals surface area contributed by atoms with Crippen molar-refractivity contribution in [3.63, 3.8) is 0 Å². The molecule has 4 heteroatoms. The summed E-state index contributed by atoms with van der Waals surface area (Å²) >= 11 is 0. The summed E-state index contributed by atoms with van der Waals surface area (Å²) in [6, 6.07) is 0.630. The summed E-state index contributed by atoms with van der Waals surface area (Å²) in [5.41, 5.74) is 0.217. The standard InChI is InChI=1S/C15H33N3O/c1-13(2)14-11-16-15(3,4)12-18(14)8-10-19-9-7-17(5)6/h13-14,16H,7-12H2,1-6H3. The fourth-order valence-corrected chi connectivity index (χ4v) is 2.62. The van der Waals surface area contributed by atoms with Crippen molar-refractivity contribution in [3.05, 3.63) is 0 Å². The first-order valence-corrected chi connectivity index (χ1v) is 7.53. The molecule has 0 aromatic heterocycles. The predicted molar refractivity (Wildman–Crippen MR) is 81.7 cm³/mol. The van der Waals surface area contributed by atoms with Crippen LogP contribution in [0.25, 0.3) is 0 Å². The van der Waals surface area contributed by atoms with Gasteiger partial charge in [-0.1, -0.05) is 13.8 Å². The molecular weight excluding hydrogens is 238 g/mol. The molecule has 1 unspecified atom stereocenters. The number of piperazine rings is 1. The zero-order chi connectivity index (χ0) is 14.5. The van der Waals surface area contributed by atoms with Crippen LogP contribution in [-0.4, -0.2) is 74.9 Å². The van der Waals surface area contributed by atoms with Gasteiger partial charge in [-0.25, -0.2) is 0 Å². The Labute approximate surface area is 119 Å². The molecule has 1 saturated heterocycles. The van der Waals surface area contributed by atoms with Crippen LogP contribution in [0.3, 0.4) is 0 Å². The maximum atomic E-state index is 5.74. The number of likely N-dealkylation sites (N-methyl/N-ethyl adjacent to an activating group) is 1. The van der Waals surface area contributed by atoms with E-state index < -0.39 is 0 Å². The molecule has 0 aromatic carbocycles. The highest BCUT2D eigenvalue weighted by atomic mass is 16.5. The van der Waals surface area contributed by atoms with Crippen LogP contribution in [0.5, 0.6) is 0 Å². The van der Waals surface area contributed by atoms with Crippen molar-refractivity contribution in [1.82, 2.24) is 15.1 Å². The van der Waals surface area contributed by atoms with Crippen LogP contribution in [0.4, 0.5) is 0 Å². The Bertz CT molecular complexity index is 254. The summed E-state index contributed by atoms with van der Waals surface area (Å²) in [4.78, 5) is 4.75. The van der Waals surface area contributed by atoms with E-state index in [1.807, 2.05) is 0 Å².